The van der Waals surface area contributed by atoms with Crippen molar-refractivity contribution in [3.05, 3.63) is 41.5 Å². The largest absolute Gasteiger partial charge is 0.489 e. The van der Waals surface area contributed by atoms with E-state index in [2.05, 4.69) is 17.9 Å². The van der Waals surface area contributed by atoms with Crippen LogP contribution < -0.4 is 4.74 Å². The summed E-state index contributed by atoms with van der Waals surface area (Å²) in [5.74, 6) is 6.18. The fourth-order valence-corrected chi connectivity index (χ4v) is 4.82. The number of benzene rings is 1. The Morgan fingerprint density at radius 1 is 1.36 bits per heavy atom. The van der Waals surface area contributed by atoms with Crippen LogP contribution in [-0.2, 0) is 25.5 Å². The number of para-hydroxylation sites is 1. The Balaban J connectivity index is 1.81. The van der Waals surface area contributed by atoms with Crippen LogP contribution >= 0.6 is 0 Å². The van der Waals surface area contributed by atoms with Crippen LogP contribution in [0, 0.1) is 23.7 Å². The molecule has 0 saturated heterocycles. The number of hydrogen-bond donors (Lipinski definition) is 1. The number of aliphatic hydroxyl groups is 1. The Kier molecular flexibility index (Phi) is 8.57. The van der Waals surface area contributed by atoms with E-state index in [1.54, 1.807) is 6.92 Å². The maximum Gasteiger partial charge on any atom is 0.305 e. The Bertz CT molecular complexity index is 940. The van der Waals surface area contributed by atoms with Crippen LogP contribution in [0.25, 0.3) is 0 Å². The first-order valence-corrected chi connectivity index (χ1v) is 11.6. The number of aryl methyl sites for hydroxylation is 1. The molecule has 1 aromatic rings. The van der Waals surface area contributed by atoms with Gasteiger partial charge < -0.3 is 19.3 Å². The molecule has 1 aliphatic carbocycles. The third-order valence-corrected chi connectivity index (χ3v) is 6.55. The van der Waals surface area contributed by atoms with E-state index in [4.69, 9.17) is 14.2 Å². The second kappa shape index (κ2) is 11.4. The zero-order chi connectivity index (χ0) is 24.0. The Labute approximate surface area is 196 Å². The number of methoxy groups -OCH3 is 1. The van der Waals surface area contributed by atoms with E-state index in [-0.39, 0.29) is 41.9 Å². The van der Waals surface area contributed by atoms with Crippen molar-refractivity contribution in [1.82, 2.24) is 0 Å². The standard InChI is InChI=1S/C27H34O6/c1-5-6-9-17(2)22(29)15-14-20-23(32-18(3)28)16-24-26(20)21-12-7-10-19(27(21)33-24)11-8-13-25(30)31-4/h7,10,12,14-15,17,20,22-24,26,29H,8-9,11,13,16H2,1-4H3/b15-14+/t17?,20-,22?,23+,24-,26-/m0/s1. The van der Waals surface area contributed by atoms with Gasteiger partial charge in [-0.1, -0.05) is 37.3 Å². The topological polar surface area (TPSA) is 82.1 Å². The van der Waals surface area contributed by atoms with Gasteiger partial charge in [0, 0.05) is 43.6 Å². The molecule has 1 aromatic carbocycles. The smallest absolute Gasteiger partial charge is 0.305 e. The number of ether oxygens (including phenoxy) is 3. The minimum absolute atomic E-state index is 0.00611. The fraction of sp³-hybridized carbons (Fsp3) is 0.556. The normalized spacial score (nSPS) is 24.8. The van der Waals surface area contributed by atoms with Crippen molar-refractivity contribution in [2.45, 2.75) is 77.1 Å². The molecular weight excluding hydrogens is 420 g/mol. The summed E-state index contributed by atoms with van der Waals surface area (Å²) in [7, 11) is 1.40. The van der Waals surface area contributed by atoms with Gasteiger partial charge in [0.05, 0.1) is 13.2 Å². The molecule has 3 rings (SSSR count). The summed E-state index contributed by atoms with van der Waals surface area (Å²) >= 11 is 0. The molecule has 0 bridgehead atoms. The molecule has 33 heavy (non-hydrogen) atoms. The molecule has 2 unspecified atom stereocenters. The highest BCUT2D eigenvalue weighted by molar-refractivity contribution is 5.69. The fourth-order valence-electron chi connectivity index (χ4n) is 4.82. The van der Waals surface area contributed by atoms with Gasteiger partial charge in [-0.25, -0.2) is 0 Å². The van der Waals surface area contributed by atoms with E-state index in [0.717, 1.165) is 23.3 Å². The average molecular weight is 455 g/mol. The van der Waals surface area contributed by atoms with Crippen molar-refractivity contribution in [2.75, 3.05) is 7.11 Å². The number of carbonyl (C=O) groups excluding carboxylic acids is 2. The minimum atomic E-state index is -0.630. The lowest BCUT2D eigenvalue weighted by atomic mass is 9.86. The molecule has 178 valence electrons. The Morgan fingerprint density at radius 2 is 2.15 bits per heavy atom. The zero-order valence-electron chi connectivity index (χ0n) is 19.9. The number of rotatable bonds is 9. The average Bonchev–Trinajstić information content (AvgIpc) is 3.31. The van der Waals surface area contributed by atoms with Crippen LogP contribution in [0.15, 0.2) is 30.4 Å². The van der Waals surface area contributed by atoms with Gasteiger partial charge >= 0.3 is 11.9 Å². The van der Waals surface area contributed by atoms with Gasteiger partial charge in [-0.3, -0.25) is 9.59 Å². The van der Waals surface area contributed by atoms with E-state index >= 15 is 0 Å². The summed E-state index contributed by atoms with van der Waals surface area (Å²) in [5, 5.41) is 10.6. The molecule has 0 spiro atoms. The predicted octanol–water partition coefficient (Wildman–Crippen LogP) is 3.95. The lowest BCUT2D eigenvalue weighted by Crippen LogP contribution is -2.23. The zero-order valence-corrected chi connectivity index (χ0v) is 19.9. The van der Waals surface area contributed by atoms with Gasteiger partial charge in [-0.15, -0.1) is 11.8 Å². The maximum absolute atomic E-state index is 11.7. The van der Waals surface area contributed by atoms with Gasteiger partial charge in [0.1, 0.15) is 18.0 Å². The molecule has 1 aliphatic heterocycles. The predicted molar refractivity (Wildman–Crippen MR) is 125 cm³/mol. The van der Waals surface area contributed by atoms with E-state index < -0.39 is 6.10 Å². The van der Waals surface area contributed by atoms with Gasteiger partial charge in [0.2, 0.25) is 0 Å². The van der Waals surface area contributed by atoms with Crippen LogP contribution in [0.2, 0.25) is 0 Å². The Hall–Kier alpha value is -2.78. The lowest BCUT2D eigenvalue weighted by Gasteiger charge is -2.22. The van der Waals surface area contributed by atoms with Crippen LogP contribution in [0.3, 0.4) is 0 Å². The molecule has 1 fully saturated rings. The van der Waals surface area contributed by atoms with E-state index in [9.17, 15) is 14.7 Å². The number of hydrogen-bond acceptors (Lipinski definition) is 6. The summed E-state index contributed by atoms with van der Waals surface area (Å²) in [6.45, 7) is 5.18. The summed E-state index contributed by atoms with van der Waals surface area (Å²) in [6, 6.07) is 6.11. The molecular formula is C27H34O6. The molecule has 0 aromatic heterocycles. The van der Waals surface area contributed by atoms with Crippen LogP contribution in [0.4, 0.5) is 0 Å². The van der Waals surface area contributed by atoms with Gasteiger partial charge in [0.15, 0.2) is 0 Å². The van der Waals surface area contributed by atoms with Crippen molar-refractivity contribution in [2.24, 2.45) is 11.8 Å². The van der Waals surface area contributed by atoms with E-state index in [1.807, 2.05) is 31.2 Å². The van der Waals surface area contributed by atoms with Crippen LogP contribution in [0.1, 0.15) is 63.5 Å². The monoisotopic (exact) mass is 454 g/mol. The van der Waals surface area contributed by atoms with Crippen molar-refractivity contribution in [1.29, 1.82) is 0 Å². The lowest BCUT2D eigenvalue weighted by molar-refractivity contribution is -0.147. The second-order valence-corrected chi connectivity index (χ2v) is 8.89. The van der Waals surface area contributed by atoms with Gasteiger partial charge in [-0.05, 0) is 31.2 Å². The summed E-state index contributed by atoms with van der Waals surface area (Å²) in [5.41, 5.74) is 2.17. The first-order valence-electron chi connectivity index (χ1n) is 11.6. The highest BCUT2D eigenvalue weighted by Crippen LogP contribution is 2.52. The molecule has 6 heteroatoms. The number of fused-ring (bicyclic) bond motifs is 3. The third-order valence-electron chi connectivity index (χ3n) is 6.55. The quantitative estimate of drug-likeness (QED) is 0.346. The highest BCUT2D eigenvalue weighted by atomic mass is 16.5. The highest BCUT2D eigenvalue weighted by Gasteiger charge is 2.50. The molecule has 1 heterocycles. The molecule has 6 nitrogen and oxygen atoms in total. The van der Waals surface area contributed by atoms with Crippen molar-refractivity contribution < 1.29 is 28.9 Å². The number of aliphatic hydroxyl groups excluding tert-OH is 1. The molecule has 6 atom stereocenters. The minimum Gasteiger partial charge on any atom is -0.489 e. The van der Waals surface area contributed by atoms with Gasteiger partial charge in [-0.2, -0.15) is 0 Å². The molecule has 2 aliphatic rings. The first kappa shape index (κ1) is 24.9. The Morgan fingerprint density at radius 3 is 2.85 bits per heavy atom. The van der Waals surface area contributed by atoms with Crippen LogP contribution in [-0.4, -0.2) is 42.5 Å². The van der Waals surface area contributed by atoms with Crippen molar-refractivity contribution in [3.8, 4) is 17.6 Å². The number of carbonyl (C=O) groups is 2. The van der Waals surface area contributed by atoms with Crippen molar-refractivity contribution in [3.63, 3.8) is 0 Å². The molecule has 1 saturated carbocycles. The number of esters is 2. The molecule has 0 radical (unpaired) electrons. The van der Waals surface area contributed by atoms with E-state index in [0.29, 0.717) is 25.7 Å². The third kappa shape index (κ3) is 5.97. The van der Waals surface area contributed by atoms with E-state index in [1.165, 1.54) is 14.0 Å². The summed E-state index contributed by atoms with van der Waals surface area (Å²) in [6.07, 6.45) is 5.76. The maximum atomic E-state index is 11.7. The molecule has 1 N–H and O–H groups in total. The second-order valence-electron chi connectivity index (χ2n) is 8.89. The van der Waals surface area contributed by atoms with Crippen molar-refractivity contribution >= 4 is 11.9 Å². The summed E-state index contributed by atoms with van der Waals surface area (Å²) < 4.78 is 16.8. The van der Waals surface area contributed by atoms with Gasteiger partial charge in [0.25, 0.3) is 0 Å². The SMILES string of the molecule is CC#CCC(C)C(O)/C=C/[C@@H]1[C@H]2c3cccc(CCCC(=O)OC)c3O[C@H]2C[C@H]1OC(C)=O. The molecule has 0 amide bonds. The first-order chi connectivity index (χ1) is 15.8. The summed E-state index contributed by atoms with van der Waals surface area (Å²) in [4.78, 5) is 23.2. The van der Waals surface area contributed by atoms with Crippen LogP contribution in [0.5, 0.6) is 5.75 Å².